The molecule has 10 heteroatoms. The van der Waals surface area contributed by atoms with E-state index in [-0.39, 0.29) is 24.0 Å². The van der Waals surface area contributed by atoms with Gasteiger partial charge >= 0.3 is 0 Å². The van der Waals surface area contributed by atoms with E-state index >= 15 is 0 Å². The van der Waals surface area contributed by atoms with Gasteiger partial charge in [-0.25, -0.2) is 4.57 Å². The Bertz CT molecular complexity index is 1270. The first kappa shape index (κ1) is 28.8. The fraction of sp³-hybridized carbons (Fsp3) is 0.333. The third kappa shape index (κ3) is 6.39. The molecule has 4 N–H and O–H groups in total. The van der Waals surface area contributed by atoms with Gasteiger partial charge in [-0.15, -0.1) is 0 Å². The van der Waals surface area contributed by atoms with Crippen molar-refractivity contribution in [1.82, 2.24) is 5.32 Å². The standard InChI is InChI=1S/C27H30N2O7.HI/c1-16(31)28-24-26(33)25(32)23(15-30)36-27(24)35-21-11-9-17(14-22(21)34-3)8-10-18-12-13-29(2)20-7-5-4-6-19(18)20;/h4-14,23-27,30,32-33H,15H2,1-3H3;1H/b10-8+;/t23-,24-,25-,26-,27-;/m1./s1. The Labute approximate surface area is 232 Å². The van der Waals surface area contributed by atoms with Crippen LogP contribution in [0.2, 0.25) is 0 Å². The van der Waals surface area contributed by atoms with Gasteiger partial charge in [0.25, 0.3) is 0 Å². The summed E-state index contributed by atoms with van der Waals surface area (Å²) in [5.41, 5.74) is 3.05. The predicted molar refractivity (Wildman–Crippen MR) is 133 cm³/mol. The molecule has 1 aromatic heterocycles. The summed E-state index contributed by atoms with van der Waals surface area (Å²) in [6.07, 6.45) is 0.964. The van der Waals surface area contributed by atoms with Crippen LogP contribution in [0.5, 0.6) is 11.5 Å². The monoisotopic (exact) mass is 622 g/mol. The molecule has 0 unspecified atom stereocenters. The van der Waals surface area contributed by atoms with Gasteiger partial charge in [-0.3, -0.25) is 4.79 Å². The van der Waals surface area contributed by atoms with Gasteiger partial charge < -0.3 is 58.8 Å². The number of para-hydroxylation sites is 1. The molecule has 1 amide bonds. The molecule has 1 fully saturated rings. The lowest BCUT2D eigenvalue weighted by molar-refractivity contribution is -0.644. The van der Waals surface area contributed by atoms with Crippen molar-refractivity contribution in [3.8, 4) is 11.5 Å². The summed E-state index contributed by atoms with van der Waals surface area (Å²) in [6.45, 7) is 0.754. The number of aliphatic hydroxyl groups excluding tert-OH is 3. The predicted octanol–water partition coefficient (Wildman–Crippen LogP) is -1.83. The molecule has 0 radical (unpaired) electrons. The number of nitrogens with zero attached hydrogens (tertiary/aromatic N) is 1. The van der Waals surface area contributed by atoms with Gasteiger partial charge in [-0.2, -0.15) is 0 Å². The quantitative estimate of drug-likeness (QED) is 0.181. The van der Waals surface area contributed by atoms with Crippen LogP contribution in [0.1, 0.15) is 18.1 Å². The van der Waals surface area contributed by atoms with E-state index in [9.17, 15) is 20.1 Å². The van der Waals surface area contributed by atoms with Crippen LogP contribution in [0.4, 0.5) is 0 Å². The maximum Gasteiger partial charge on any atom is 0.223 e. The largest absolute Gasteiger partial charge is 1.00 e. The van der Waals surface area contributed by atoms with E-state index < -0.39 is 43.2 Å². The van der Waals surface area contributed by atoms with Crippen molar-refractivity contribution < 1.29 is 62.9 Å². The smallest absolute Gasteiger partial charge is 0.223 e. The molecule has 0 bridgehead atoms. The molecule has 0 spiro atoms. The zero-order valence-electron chi connectivity index (χ0n) is 20.7. The number of hydrogen-bond donors (Lipinski definition) is 4. The van der Waals surface area contributed by atoms with Gasteiger partial charge in [0.15, 0.2) is 17.7 Å². The van der Waals surface area contributed by atoms with E-state index in [1.165, 1.54) is 14.0 Å². The Kier molecular flexibility index (Phi) is 9.85. The number of carbonyl (C=O) groups excluding carboxylic acids is 1. The molecule has 198 valence electrons. The molecular formula is C27H31IN2O7. The zero-order valence-corrected chi connectivity index (χ0v) is 22.9. The number of fused-ring (bicyclic) bond motifs is 1. The molecule has 0 saturated carbocycles. The second-order valence-electron chi connectivity index (χ2n) is 8.69. The molecule has 2 aromatic carbocycles. The molecule has 4 rings (SSSR count). The van der Waals surface area contributed by atoms with Gasteiger partial charge in [0.2, 0.25) is 17.7 Å². The topological polar surface area (TPSA) is 121 Å². The van der Waals surface area contributed by atoms with Crippen LogP contribution >= 0.6 is 0 Å². The SMILES string of the molecule is COc1cc(/C=C/c2cc[n+](C)c3ccccc23)ccc1O[C@@H]1O[C@H](CO)[C@@H](O)[C@H](O)[C@H]1NC(C)=O.[I-]. The minimum atomic E-state index is -1.40. The van der Waals surface area contributed by atoms with Crippen molar-refractivity contribution in [1.29, 1.82) is 0 Å². The molecule has 9 nitrogen and oxygen atoms in total. The zero-order chi connectivity index (χ0) is 25.8. The molecule has 3 aromatic rings. The van der Waals surface area contributed by atoms with Gasteiger partial charge in [-0.05, 0) is 29.3 Å². The molecule has 1 aliphatic rings. The number of nitrogens with one attached hydrogen (secondary N) is 1. The van der Waals surface area contributed by atoms with Crippen molar-refractivity contribution in [2.24, 2.45) is 7.05 Å². The van der Waals surface area contributed by atoms with Crippen molar-refractivity contribution in [2.75, 3.05) is 13.7 Å². The first-order valence-electron chi connectivity index (χ1n) is 11.6. The summed E-state index contributed by atoms with van der Waals surface area (Å²) >= 11 is 0. The van der Waals surface area contributed by atoms with Crippen LogP contribution in [0.3, 0.4) is 0 Å². The fourth-order valence-corrected chi connectivity index (χ4v) is 4.30. The average molecular weight is 622 g/mol. The van der Waals surface area contributed by atoms with Gasteiger partial charge in [-0.1, -0.05) is 30.4 Å². The summed E-state index contributed by atoms with van der Waals surface area (Å²) < 4.78 is 19.2. The number of aryl methyl sites for hydroxylation is 1. The molecule has 37 heavy (non-hydrogen) atoms. The number of methoxy groups -OCH3 is 1. The van der Waals surface area contributed by atoms with Crippen molar-refractivity contribution >= 4 is 29.0 Å². The normalized spacial score (nSPS) is 23.5. The Morgan fingerprint density at radius 2 is 1.86 bits per heavy atom. The Morgan fingerprint density at radius 1 is 1.11 bits per heavy atom. The fourth-order valence-electron chi connectivity index (χ4n) is 4.30. The second kappa shape index (κ2) is 12.7. The Hall–Kier alpha value is -2.77. The number of carbonyl (C=O) groups is 1. The number of benzene rings is 2. The average Bonchev–Trinajstić information content (AvgIpc) is 2.88. The first-order chi connectivity index (χ1) is 17.3. The maximum atomic E-state index is 11.7. The number of aliphatic hydroxyl groups is 3. The van der Waals surface area contributed by atoms with Crippen LogP contribution in [-0.2, 0) is 16.6 Å². The van der Waals surface area contributed by atoms with Crippen molar-refractivity contribution in [2.45, 2.75) is 37.6 Å². The lowest BCUT2D eigenvalue weighted by Crippen LogP contribution is -3.00. The molecule has 1 aliphatic heterocycles. The lowest BCUT2D eigenvalue weighted by Gasteiger charge is -2.42. The van der Waals surface area contributed by atoms with Crippen molar-refractivity contribution in [3.05, 3.63) is 65.9 Å². The second-order valence-corrected chi connectivity index (χ2v) is 8.69. The van der Waals surface area contributed by atoms with E-state index in [1.807, 2.05) is 49.7 Å². The number of amides is 1. The summed E-state index contributed by atoms with van der Waals surface area (Å²) in [4.78, 5) is 11.7. The van der Waals surface area contributed by atoms with Crippen LogP contribution < -0.4 is 43.3 Å². The molecule has 2 heterocycles. The maximum absolute atomic E-state index is 11.7. The highest BCUT2D eigenvalue weighted by Gasteiger charge is 2.46. The number of rotatable bonds is 7. The Balaban J connectivity index is 0.00000380. The van der Waals surface area contributed by atoms with Crippen LogP contribution in [0.15, 0.2) is 54.7 Å². The highest BCUT2D eigenvalue weighted by atomic mass is 127. The highest BCUT2D eigenvalue weighted by Crippen LogP contribution is 2.32. The lowest BCUT2D eigenvalue weighted by atomic mass is 9.97. The van der Waals surface area contributed by atoms with E-state index in [0.717, 1.165) is 22.0 Å². The van der Waals surface area contributed by atoms with Crippen LogP contribution in [0.25, 0.3) is 23.1 Å². The van der Waals surface area contributed by atoms with Gasteiger partial charge in [0.1, 0.15) is 31.4 Å². The minimum absolute atomic E-state index is 0. The van der Waals surface area contributed by atoms with E-state index in [0.29, 0.717) is 11.5 Å². The van der Waals surface area contributed by atoms with Crippen molar-refractivity contribution in [3.63, 3.8) is 0 Å². The summed E-state index contributed by atoms with van der Waals surface area (Å²) in [5.74, 6) is 0.292. The summed E-state index contributed by atoms with van der Waals surface area (Å²) in [6, 6.07) is 14.5. The number of hydrogen-bond acceptors (Lipinski definition) is 7. The number of halogens is 1. The highest BCUT2D eigenvalue weighted by molar-refractivity contribution is 5.88. The van der Waals surface area contributed by atoms with Gasteiger partial charge in [0, 0.05) is 19.1 Å². The third-order valence-corrected chi connectivity index (χ3v) is 6.21. The van der Waals surface area contributed by atoms with E-state index in [2.05, 4.69) is 22.0 Å². The molecule has 1 saturated heterocycles. The molecule has 0 aliphatic carbocycles. The van der Waals surface area contributed by atoms with E-state index in [1.54, 1.807) is 12.1 Å². The third-order valence-electron chi connectivity index (χ3n) is 6.21. The Morgan fingerprint density at radius 3 is 2.57 bits per heavy atom. The van der Waals surface area contributed by atoms with Gasteiger partial charge in [0.05, 0.1) is 19.1 Å². The first-order valence-corrected chi connectivity index (χ1v) is 11.6. The molecule has 5 atom stereocenters. The number of pyridine rings is 1. The number of ether oxygens (including phenoxy) is 3. The summed E-state index contributed by atoms with van der Waals surface area (Å²) in [7, 11) is 3.51. The minimum Gasteiger partial charge on any atom is -1.00 e. The van der Waals surface area contributed by atoms with Crippen LogP contribution in [-0.4, -0.2) is 65.6 Å². The van der Waals surface area contributed by atoms with E-state index in [4.69, 9.17) is 14.2 Å². The number of aromatic nitrogens is 1. The van der Waals surface area contributed by atoms with Crippen LogP contribution in [0, 0.1) is 0 Å². The summed E-state index contributed by atoms with van der Waals surface area (Å²) in [5, 5.41) is 33.9. The molecular weight excluding hydrogens is 591 g/mol.